The quantitative estimate of drug-likeness (QED) is 0.514. The van der Waals surface area contributed by atoms with Gasteiger partial charge in [-0.2, -0.15) is 4.52 Å². The van der Waals surface area contributed by atoms with E-state index in [4.69, 9.17) is 0 Å². The van der Waals surface area contributed by atoms with Gasteiger partial charge in [0.2, 0.25) is 10.8 Å². The van der Waals surface area contributed by atoms with Gasteiger partial charge in [-0.1, -0.05) is 53.8 Å². The second kappa shape index (κ2) is 8.37. The summed E-state index contributed by atoms with van der Waals surface area (Å²) in [6, 6.07) is 16.9. The molecule has 8 heteroatoms. The van der Waals surface area contributed by atoms with Crippen LogP contribution in [0.3, 0.4) is 0 Å². The Bertz CT molecular complexity index is 1170. The van der Waals surface area contributed by atoms with Crippen molar-refractivity contribution < 1.29 is 9.50 Å². The Morgan fingerprint density at radius 3 is 2.42 bits per heavy atom. The first-order valence-corrected chi connectivity index (χ1v) is 11.2. The lowest BCUT2D eigenvalue weighted by molar-refractivity contribution is 0.105. The summed E-state index contributed by atoms with van der Waals surface area (Å²) in [6.07, 6.45) is 0. The maximum absolute atomic E-state index is 13.6. The summed E-state index contributed by atoms with van der Waals surface area (Å²) in [5.74, 6) is 0.472. The number of rotatable bonds is 5. The van der Waals surface area contributed by atoms with E-state index < -0.39 is 0 Å². The predicted octanol–water partition coefficient (Wildman–Crippen LogP) is 3.85. The van der Waals surface area contributed by atoms with Crippen LogP contribution in [-0.2, 0) is 6.54 Å². The highest BCUT2D eigenvalue weighted by Gasteiger charge is 2.31. The number of hydrogen-bond acceptors (Lipinski definition) is 6. The van der Waals surface area contributed by atoms with Gasteiger partial charge in [0.25, 0.3) is 0 Å². The molecular formula is C23H24FN5OS. The standard InChI is InChI=1S/C23H24FN5OS/c1-16-25-23-29(26-16)22(30)21(31-23)20(18-7-9-19(24)10-8-18)28-13-11-27(12-14-28)15-17-5-3-2-4-6-17/h2-10,20,30H,11-15H2,1H3/t20-/m0/s1. The molecule has 3 heterocycles. The largest absolute Gasteiger partial charge is 0.492 e. The number of halogens is 1. The lowest BCUT2D eigenvalue weighted by atomic mass is 10.0. The summed E-state index contributed by atoms with van der Waals surface area (Å²) in [4.78, 5) is 10.7. The minimum absolute atomic E-state index is 0.113. The van der Waals surface area contributed by atoms with E-state index in [0.29, 0.717) is 10.8 Å². The number of aryl methyl sites for hydroxylation is 1. The van der Waals surface area contributed by atoms with Crippen LogP contribution in [0.4, 0.5) is 4.39 Å². The van der Waals surface area contributed by atoms with Gasteiger partial charge in [0.15, 0.2) is 0 Å². The van der Waals surface area contributed by atoms with E-state index >= 15 is 0 Å². The topological polar surface area (TPSA) is 56.9 Å². The molecule has 0 amide bonds. The Labute approximate surface area is 184 Å². The molecule has 31 heavy (non-hydrogen) atoms. The van der Waals surface area contributed by atoms with Crippen LogP contribution in [0.25, 0.3) is 4.96 Å². The zero-order chi connectivity index (χ0) is 21.4. The van der Waals surface area contributed by atoms with Crippen LogP contribution in [0.15, 0.2) is 54.6 Å². The van der Waals surface area contributed by atoms with Crippen LogP contribution in [0.5, 0.6) is 5.88 Å². The first-order chi connectivity index (χ1) is 15.1. The first-order valence-electron chi connectivity index (χ1n) is 10.4. The van der Waals surface area contributed by atoms with Crippen LogP contribution in [0, 0.1) is 12.7 Å². The minimum atomic E-state index is -0.266. The Morgan fingerprint density at radius 1 is 1.03 bits per heavy atom. The lowest BCUT2D eigenvalue weighted by Gasteiger charge is -2.39. The summed E-state index contributed by atoms with van der Waals surface area (Å²) in [5.41, 5.74) is 2.26. The summed E-state index contributed by atoms with van der Waals surface area (Å²) in [6.45, 7) is 6.28. The van der Waals surface area contributed by atoms with Crippen LogP contribution in [-0.4, -0.2) is 55.7 Å². The van der Waals surface area contributed by atoms with Crippen molar-refractivity contribution in [3.63, 3.8) is 0 Å². The SMILES string of the molecule is Cc1nc2sc([C@H](c3ccc(F)cc3)N3CCN(Cc4ccccc4)CC3)c(O)n2n1. The summed E-state index contributed by atoms with van der Waals surface area (Å²) < 4.78 is 15.1. The zero-order valence-corrected chi connectivity index (χ0v) is 18.1. The number of benzene rings is 2. The molecule has 1 atom stereocenters. The van der Waals surface area contributed by atoms with Gasteiger partial charge >= 0.3 is 0 Å². The molecule has 160 valence electrons. The van der Waals surface area contributed by atoms with E-state index in [-0.39, 0.29) is 17.7 Å². The predicted molar refractivity (Wildman–Crippen MR) is 119 cm³/mol. The molecule has 0 unspecified atom stereocenters. The van der Waals surface area contributed by atoms with Crippen molar-refractivity contribution >= 4 is 16.3 Å². The van der Waals surface area contributed by atoms with E-state index in [1.807, 2.05) is 13.0 Å². The Morgan fingerprint density at radius 2 is 1.74 bits per heavy atom. The highest BCUT2D eigenvalue weighted by molar-refractivity contribution is 7.17. The molecule has 2 aromatic heterocycles. The van der Waals surface area contributed by atoms with Crippen molar-refractivity contribution in [1.82, 2.24) is 24.4 Å². The van der Waals surface area contributed by atoms with Crippen molar-refractivity contribution in [1.29, 1.82) is 0 Å². The van der Waals surface area contributed by atoms with Gasteiger partial charge < -0.3 is 5.11 Å². The molecule has 1 N–H and O–H groups in total. The third-order valence-electron chi connectivity index (χ3n) is 5.76. The van der Waals surface area contributed by atoms with Crippen LogP contribution < -0.4 is 0 Å². The third-order valence-corrected chi connectivity index (χ3v) is 6.83. The van der Waals surface area contributed by atoms with Crippen molar-refractivity contribution in [3.8, 4) is 5.88 Å². The summed E-state index contributed by atoms with van der Waals surface area (Å²) in [7, 11) is 0. The number of piperazine rings is 1. The van der Waals surface area contributed by atoms with Crippen LogP contribution in [0.2, 0.25) is 0 Å². The van der Waals surface area contributed by atoms with Gasteiger partial charge in [0.1, 0.15) is 11.6 Å². The molecule has 0 spiro atoms. The van der Waals surface area contributed by atoms with Gasteiger partial charge in [0, 0.05) is 32.7 Å². The van der Waals surface area contributed by atoms with E-state index in [1.165, 1.54) is 33.5 Å². The normalized spacial score (nSPS) is 16.7. The number of hydrogen-bond donors (Lipinski definition) is 1. The van der Waals surface area contributed by atoms with Crippen molar-refractivity contribution in [2.45, 2.75) is 19.5 Å². The first kappa shape index (κ1) is 20.1. The fourth-order valence-corrected chi connectivity index (χ4v) is 5.38. The second-order valence-electron chi connectivity index (χ2n) is 7.90. The number of fused-ring (bicyclic) bond motifs is 1. The molecule has 0 bridgehead atoms. The zero-order valence-electron chi connectivity index (χ0n) is 17.3. The Hall–Kier alpha value is -2.81. The maximum Gasteiger partial charge on any atom is 0.230 e. The van der Waals surface area contributed by atoms with Crippen molar-refractivity contribution in [3.05, 3.63) is 82.2 Å². The van der Waals surface area contributed by atoms with E-state index in [1.54, 1.807) is 12.1 Å². The molecule has 0 saturated carbocycles. The van der Waals surface area contributed by atoms with Crippen LogP contribution >= 0.6 is 11.3 Å². The molecule has 1 saturated heterocycles. The van der Waals surface area contributed by atoms with Gasteiger partial charge in [-0.05, 0) is 30.2 Å². The molecule has 1 aliphatic heterocycles. The molecule has 6 nitrogen and oxygen atoms in total. The molecule has 1 aliphatic rings. The average molecular weight is 438 g/mol. The smallest absolute Gasteiger partial charge is 0.230 e. The van der Waals surface area contributed by atoms with E-state index in [0.717, 1.165) is 43.2 Å². The van der Waals surface area contributed by atoms with Gasteiger partial charge in [0.05, 0.1) is 10.9 Å². The molecule has 4 aromatic rings. The van der Waals surface area contributed by atoms with Gasteiger partial charge in [-0.3, -0.25) is 9.80 Å². The monoisotopic (exact) mass is 437 g/mol. The minimum Gasteiger partial charge on any atom is -0.492 e. The molecule has 0 radical (unpaired) electrons. The molecule has 5 rings (SSSR count). The van der Waals surface area contributed by atoms with E-state index in [9.17, 15) is 9.50 Å². The average Bonchev–Trinajstić information content (AvgIpc) is 3.29. The van der Waals surface area contributed by atoms with Crippen molar-refractivity contribution in [2.24, 2.45) is 0 Å². The second-order valence-corrected chi connectivity index (χ2v) is 8.90. The highest BCUT2D eigenvalue weighted by Crippen LogP contribution is 2.40. The van der Waals surface area contributed by atoms with Crippen molar-refractivity contribution in [2.75, 3.05) is 26.2 Å². The Kier molecular flexibility index (Phi) is 5.43. The maximum atomic E-state index is 13.6. The van der Waals surface area contributed by atoms with Gasteiger partial charge in [-0.25, -0.2) is 9.37 Å². The Balaban J connectivity index is 1.42. The fraction of sp³-hybridized carbons (Fsp3) is 0.304. The summed E-state index contributed by atoms with van der Waals surface area (Å²) in [5, 5.41) is 15.2. The molecule has 0 aliphatic carbocycles. The molecule has 2 aromatic carbocycles. The molecular weight excluding hydrogens is 413 g/mol. The van der Waals surface area contributed by atoms with Crippen LogP contribution in [0.1, 0.15) is 27.9 Å². The number of nitrogens with zero attached hydrogens (tertiary/aromatic N) is 5. The number of aromatic hydroxyl groups is 1. The lowest BCUT2D eigenvalue weighted by Crippen LogP contribution is -2.47. The number of thiazole rings is 1. The molecule has 1 fully saturated rings. The fourth-order valence-electron chi connectivity index (χ4n) is 4.22. The van der Waals surface area contributed by atoms with Gasteiger partial charge in [-0.15, -0.1) is 5.10 Å². The van der Waals surface area contributed by atoms with E-state index in [2.05, 4.69) is 44.1 Å². The number of aromatic nitrogens is 3. The third kappa shape index (κ3) is 4.06. The highest BCUT2D eigenvalue weighted by atomic mass is 32.1. The summed E-state index contributed by atoms with van der Waals surface area (Å²) >= 11 is 1.44.